The van der Waals surface area contributed by atoms with Crippen molar-refractivity contribution in [3.8, 4) is 0 Å². The monoisotopic (exact) mass is 345 g/mol. The summed E-state index contributed by atoms with van der Waals surface area (Å²) in [5.41, 5.74) is 7.21. The minimum atomic E-state index is -0.0204. The fourth-order valence-electron chi connectivity index (χ4n) is 1.86. The van der Waals surface area contributed by atoms with Crippen LogP contribution < -0.4 is 5.73 Å². The van der Waals surface area contributed by atoms with Crippen LogP contribution in [-0.4, -0.2) is 6.04 Å². The van der Waals surface area contributed by atoms with Crippen molar-refractivity contribution in [2.45, 2.75) is 23.1 Å². The zero-order valence-corrected chi connectivity index (χ0v) is 13.9. The Morgan fingerprint density at radius 1 is 1.00 bits per heavy atom. The lowest BCUT2D eigenvalue weighted by Crippen LogP contribution is -2.22. The Hall–Kier alpha value is -0.380. The molecule has 0 saturated heterocycles. The SMILES string of the molecule is CC(N)C(Sc1ccc(Cl)c(Cl)c1)c1cccc(Cl)c1. The van der Waals surface area contributed by atoms with Crippen molar-refractivity contribution >= 4 is 46.6 Å². The third-order valence-corrected chi connectivity index (χ3v) is 5.26. The molecule has 106 valence electrons. The Bertz CT molecular complexity index is 601. The molecule has 2 rings (SSSR count). The molecule has 0 aromatic heterocycles. The smallest absolute Gasteiger partial charge is 0.0603 e. The fourth-order valence-corrected chi connectivity index (χ4v) is 3.54. The van der Waals surface area contributed by atoms with Gasteiger partial charge in [0.2, 0.25) is 0 Å². The Labute approximate surface area is 138 Å². The molecule has 0 aliphatic carbocycles. The second-order valence-corrected chi connectivity index (χ2v) is 6.99. The van der Waals surface area contributed by atoms with Gasteiger partial charge in [-0.1, -0.05) is 46.9 Å². The highest BCUT2D eigenvalue weighted by atomic mass is 35.5. The highest BCUT2D eigenvalue weighted by Crippen LogP contribution is 2.39. The number of hydrogen-bond donors (Lipinski definition) is 1. The molecular weight excluding hydrogens is 333 g/mol. The fraction of sp³-hybridized carbons (Fsp3) is 0.200. The molecule has 0 fully saturated rings. The molecule has 0 saturated carbocycles. The van der Waals surface area contributed by atoms with Crippen LogP contribution >= 0.6 is 46.6 Å². The van der Waals surface area contributed by atoms with Gasteiger partial charge in [0.05, 0.1) is 10.0 Å². The van der Waals surface area contributed by atoms with Crippen LogP contribution in [0.5, 0.6) is 0 Å². The molecule has 2 N–H and O–H groups in total. The second-order valence-electron chi connectivity index (χ2n) is 4.53. The van der Waals surface area contributed by atoms with Gasteiger partial charge in [-0.05, 0) is 42.8 Å². The first-order valence-corrected chi connectivity index (χ1v) is 8.11. The summed E-state index contributed by atoms with van der Waals surface area (Å²) in [7, 11) is 0. The summed E-state index contributed by atoms with van der Waals surface area (Å²) in [6.07, 6.45) is 0. The highest BCUT2D eigenvalue weighted by molar-refractivity contribution is 7.99. The number of nitrogens with two attached hydrogens (primary N) is 1. The van der Waals surface area contributed by atoms with Gasteiger partial charge in [0, 0.05) is 21.2 Å². The Balaban J connectivity index is 2.28. The summed E-state index contributed by atoms with van der Waals surface area (Å²) in [4.78, 5) is 1.03. The molecule has 0 amide bonds. The molecule has 0 heterocycles. The number of benzene rings is 2. The molecule has 0 aliphatic heterocycles. The van der Waals surface area contributed by atoms with Crippen LogP contribution in [0, 0.1) is 0 Å². The van der Waals surface area contributed by atoms with Crippen molar-refractivity contribution in [2.24, 2.45) is 5.73 Å². The maximum atomic E-state index is 6.11. The van der Waals surface area contributed by atoms with Crippen LogP contribution in [0.1, 0.15) is 17.7 Å². The zero-order valence-electron chi connectivity index (χ0n) is 10.8. The summed E-state index contributed by atoms with van der Waals surface area (Å²) >= 11 is 19.7. The molecule has 2 aromatic rings. The topological polar surface area (TPSA) is 26.0 Å². The lowest BCUT2D eigenvalue weighted by atomic mass is 10.1. The van der Waals surface area contributed by atoms with E-state index < -0.39 is 0 Å². The van der Waals surface area contributed by atoms with E-state index in [1.165, 1.54) is 0 Å². The van der Waals surface area contributed by atoms with E-state index in [4.69, 9.17) is 40.5 Å². The van der Waals surface area contributed by atoms with Gasteiger partial charge in [-0.15, -0.1) is 11.8 Å². The summed E-state index contributed by atoms with van der Waals surface area (Å²) in [5.74, 6) is 0. The van der Waals surface area contributed by atoms with Gasteiger partial charge in [0.15, 0.2) is 0 Å². The predicted molar refractivity (Wildman–Crippen MR) is 90.2 cm³/mol. The molecule has 0 aliphatic rings. The van der Waals surface area contributed by atoms with E-state index in [1.54, 1.807) is 17.8 Å². The van der Waals surface area contributed by atoms with E-state index >= 15 is 0 Å². The van der Waals surface area contributed by atoms with E-state index in [-0.39, 0.29) is 11.3 Å². The summed E-state index contributed by atoms with van der Waals surface area (Å²) in [6.45, 7) is 1.98. The average molecular weight is 347 g/mol. The number of thioether (sulfide) groups is 1. The van der Waals surface area contributed by atoms with Gasteiger partial charge in [0.1, 0.15) is 0 Å². The van der Waals surface area contributed by atoms with Gasteiger partial charge in [-0.2, -0.15) is 0 Å². The first-order chi connectivity index (χ1) is 9.47. The first kappa shape index (κ1) is 16.0. The second kappa shape index (κ2) is 7.06. The van der Waals surface area contributed by atoms with E-state index in [0.717, 1.165) is 10.5 Å². The van der Waals surface area contributed by atoms with Gasteiger partial charge >= 0.3 is 0 Å². The molecule has 20 heavy (non-hydrogen) atoms. The van der Waals surface area contributed by atoms with Gasteiger partial charge < -0.3 is 5.73 Å². The minimum absolute atomic E-state index is 0.0204. The van der Waals surface area contributed by atoms with E-state index in [1.807, 2.05) is 43.3 Å². The van der Waals surface area contributed by atoms with Crippen LogP contribution in [0.15, 0.2) is 47.4 Å². The third kappa shape index (κ3) is 4.06. The summed E-state index contributed by atoms with van der Waals surface area (Å²) in [5, 5.41) is 1.91. The van der Waals surface area contributed by atoms with Crippen molar-refractivity contribution in [3.63, 3.8) is 0 Å². The standard InChI is InChI=1S/C15H14Cl3NS/c1-9(19)15(10-3-2-4-11(16)7-10)20-12-5-6-13(17)14(18)8-12/h2-9,15H,19H2,1H3. The number of hydrogen-bond acceptors (Lipinski definition) is 2. The van der Waals surface area contributed by atoms with Crippen LogP contribution in [0.3, 0.4) is 0 Å². The Morgan fingerprint density at radius 2 is 1.75 bits per heavy atom. The number of halogens is 3. The van der Waals surface area contributed by atoms with E-state index in [9.17, 15) is 0 Å². The van der Waals surface area contributed by atoms with Gasteiger partial charge in [-0.3, -0.25) is 0 Å². The predicted octanol–water partition coefficient (Wildman–Crippen LogP) is 5.83. The van der Waals surface area contributed by atoms with Crippen LogP contribution in [0.4, 0.5) is 0 Å². The van der Waals surface area contributed by atoms with E-state index in [0.29, 0.717) is 15.1 Å². The zero-order chi connectivity index (χ0) is 14.7. The number of rotatable bonds is 4. The van der Waals surface area contributed by atoms with Crippen molar-refractivity contribution in [1.82, 2.24) is 0 Å². The quantitative estimate of drug-likeness (QED) is 0.705. The molecule has 2 aromatic carbocycles. The van der Waals surface area contributed by atoms with Crippen molar-refractivity contribution < 1.29 is 0 Å². The lowest BCUT2D eigenvalue weighted by molar-refractivity contribution is 0.721. The van der Waals surface area contributed by atoms with Crippen LogP contribution in [0.25, 0.3) is 0 Å². The van der Waals surface area contributed by atoms with Crippen LogP contribution in [-0.2, 0) is 0 Å². The molecule has 1 nitrogen and oxygen atoms in total. The van der Waals surface area contributed by atoms with Crippen LogP contribution in [0.2, 0.25) is 15.1 Å². The highest BCUT2D eigenvalue weighted by Gasteiger charge is 2.18. The molecule has 5 heteroatoms. The Kier molecular flexibility index (Phi) is 5.65. The molecule has 0 bridgehead atoms. The molecule has 2 atom stereocenters. The van der Waals surface area contributed by atoms with Crippen molar-refractivity contribution in [2.75, 3.05) is 0 Å². The summed E-state index contributed by atoms with van der Waals surface area (Å²) < 4.78 is 0. The average Bonchev–Trinajstić information content (AvgIpc) is 2.39. The minimum Gasteiger partial charge on any atom is -0.327 e. The van der Waals surface area contributed by atoms with Gasteiger partial charge in [0.25, 0.3) is 0 Å². The molecule has 0 spiro atoms. The maximum Gasteiger partial charge on any atom is 0.0603 e. The molecule has 0 radical (unpaired) electrons. The summed E-state index contributed by atoms with van der Waals surface area (Å²) in [6, 6.07) is 13.3. The largest absolute Gasteiger partial charge is 0.327 e. The molecule has 2 unspecified atom stereocenters. The molecular formula is C15H14Cl3NS. The lowest BCUT2D eigenvalue weighted by Gasteiger charge is -2.21. The Morgan fingerprint density at radius 3 is 2.35 bits per heavy atom. The maximum absolute atomic E-state index is 6.11. The third-order valence-electron chi connectivity index (χ3n) is 2.81. The van der Waals surface area contributed by atoms with E-state index in [2.05, 4.69) is 0 Å². The van der Waals surface area contributed by atoms with Gasteiger partial charge in [-0.25, -0.2) is 0 Å². The normalized spacial score (nSPS) is 14.1. The van der Waals surface area contributed by atoms with Crippen molar-refractivity contribution in [1.29, 1.82) is 0 Å². The van der Waals surface area contributed by atoms with Crippen molar-refractivity contribution in [3.05, 3.63) is 63.1 Å². The first-order valence-electron chi connectivity index (χ1n) is 6.10.